The van der Waals surface area contributed by atoms with Crippen LogP contribution in [0.1, 0.15) is 28.9 Å². The fourth-order valence-electron chi connectivity index (χ4n) is 3.26. The van der Waals surface area contributed by atoms with E-state index in [0.29, 0.717) is 11.9 Å². The van der Waals surface area contributed by atoms with Gasteiger partial charge in [0.15, 0.2) is 0 Å². The van der Waals surface area contributed by atoms with Crippen molar-refractivity contribution in [1.82, 2.24) is 19.9 Å². The standard InChI is InChI=1S/C20H19N5O/c1-4-11(2)13-8-9-17-15(10-13)12(3)21-19(23-17)25-20-22-16-7-5-6-14(16)18(26)24-20/h4,8-10H,1-2,5-7H2,3H3,(H2,21,22,23,24,25,26). The number of fused-ring (bicyclic) bond motifs is 2. The molecule has 0 unspecified atom stereocenters. The van der Waals surface area contributed by atoms with E-state index in [1.807, 2.05) is 25.1 Å². The van der Waals surface area contributed by atoms with Gasteiger partial charge in [-0.1, -0.05) is 25.3 Å². The molecule has 2 N–H and O–H groups in total. The number of rotatable bonds is 4. The van der Waals surface area contributed by atoms with Gasteiger partial charge in [-0.05, 0) is 49.5 Å². The van der Waals surface area contributed by atoms with Gasteiger partial charge >= 0.3 is 0 Å². The Morgan fingerprint density at radius 1 is 1.27 bits per heavy atom. The Balaban J connectivity index is 1.72. The first kappa shape index (κ1) is 16.2. The van der Waals surface area contributed by atoms with Gasteiger partial charge in [0.2, 0.25) is 11.9 Å². The molecule has 0 atom stereocenters. The van der Waals surface area contributed by atoms with Crippen LogP contribution in [-0.4, -0.2) is 19.9 Å². The topological polar surface area (TPSA) is 83.6 Å². The molecule has 0 radical (unpaired) electrons. The lowest BCUT2D eigenvalue weighted by molar-refractivity contribution is 0.899. The Kier molecular flexibility index (Phi) is 3.88. The number of benzene rings is 1. The van der Waals surface area contributed by atoms with Crippen LogP contribution in [0.25, 0.3) is 16.5 Å². The third-order valence-corrected chi connectivity index (χ3v) is 4.68. The van der Waals surface area contributed by atoms with Gasteiger partial charge in [-0.15, -0.1) is 0 Å². The average Bonchev–Trinajstić information content (AvgIpc) is 3.10. The molecule has 1 aliphatic rings. The molecule has 1 aliphatic carbocycles. The van der Waals surface area contributed by atoms with Crippen LogP contribution in [0, 0.1) is 6.92 Å². The number of aromatic nitrogens is 4. The zero-order chi connectivity index (χ0) is 18.3. The van der Waals surface area contributed by atoms with E-state index < -0.39 is 0 Å². The van der Waals surface area contributed by atoms with Gasteiger partial charge in [0.05, 0.1) is 16.9 Å². The fraction of sp³-hybridized carbons (Fsp3) is 0.200. The molecule has 0 saturated heterocycles. The Labute approximate surface area is 150 Å². The van der Waals surface area contributed by atoms with Crippen molar-refractivity contribution in [2.75, 3.05) is 5.32 Å². The molecule has 0 aliphatic heterocycles. The second-order valence-corrected chi connectivity index (χ2v) is 6.41. The van der Waals surface area contributed by atoms with Crippen molar-refractivity contribution in [2.24, 2.45) is 0 Å². The quantitative estimate of drug-likeness (QED) is 0.708. The zero-order valence-corrected chi connectivity index (χ0v) is 14.6. The lowest BCUT2D eigenvalue weighted by Crippen LogP contribution is -2.16. The van der Waals surface area contributed by atoms with E-state index in [1.165, 1.54) is 0 Å². The minimum atomic E-state index is -0.0832. The van der Waals surface area contributed by atoms with Crippen LogP contribution in [0.2, 0.25) is 0 Å². The van der Waals surface area contributed by atoms with E-state index in [0.717, 1.165) is 58.3 Å². The molecule has 2 aromatic heterocycles. The molecule has 2 heterocycles. The van der Waals surface area contributed by atoms with Crippen molar-refractivity contribution in [3.8, 4) is 0 Å². The van der Waals surface area contributed by atoms with Crippen LogP contribution in [0.4, 0.5) is 11.9 Å². The molecule has 0 saturated carbocycles. The highest BCUT2D eigenvalue weighted by Crippen LogP contribution is 2.24. The van der Waals surface area contributed by atoms with E-state index in [4.69, 9.17) is 0 Å². The first-order valence-corrected chi connectivity index (χ1v) is 8.54. The maximum atomic E-state index is 12.1. The highest BCUT2D eigenvalue weighted by Gasteiger charge is 2.17. The smallest absolute Gasteiger partial charge is 0.255 e. The molecule has 0 bridgehead atoms. The van der Waals surface area contributed by atoms with Gasteiger partial charge in [-0.25, -0.2) is 15.0 Å². The molecule has 26 heavy (non-hydrogen) atoms. The zero-order valence-electron chi connectivity index (χ0n) is 14.6. The molecule has 6 nitrogen and oxygen atoms in total. The van der Waals surface area contributed by atoms with E-state index in [-0.39, 0.29) is 5.56 Å². The number of H-pyrrole nitrogens is 1. The first-order valence-electron chi connectivity index (χ1n) is 8.54. The Hall–Kier alpha value is -3.28. The predicted octanol–water partition coefficient (Wildman–Crippen LogP) is 3.45. The van der Waals surface area contributed by atoms with Crippen LogP contribution in [0.5, 0.6) is 0 Å². The van der Waals surface area contributed by atoms with Gasteiger partial charge in [0, 0.05) is 10.9 Å². The van der Waals surface area contributed by atoms with Crippen LogP contribution >= 0.6 is 0 Å². The van der Waals surface area contributed by atoms with Crippen molar-refractivity contribution >= 4 is 28.4 Å². The van der Waals surface area contributed by atoms with Gasteiger partial charge in [-0.2, -0.15) is 0 Å². The highest BCUT2D eigenvalue weighted by molar-refractivity contribution is 5.87. The van der Waals surface area contributed by atoms with Gasteiger partial charge < -0.3 is 0 Å². The van der Waals surface area contributed by atoms with E-state index in [9.17, 15) is 4.79 Å². The number of aryl methyl sites for hydroxylation is 2. The molecule has 0 spiro atoms. The average molecular weight is 345 g/mol. The third-order valence-electron chi connectivity index (χ3n) is 4.68. The van der Waals surface area contributed by atoms with Crippen molar-refractivity contribution in [2.45, 2.75) is 26.2 Å². The lowest BCUT2D eigenvalue weighted by Gasteiger charge is -2.09. The molecular formula is C20H19N5O. The number of hydrogen-bond donors (Lipinski definition) is 2. The Morgan fingerprint density at radius 2 is 2.12 bits per heavy atom. The predicted molar refractivity (Wildman–Crippen MR) is 104 cm³/mol. The molecule has 0 amide bonds. The number of hydrogen-bond acceptors (Lipinski definition) is 5. The second kappa shape index (κ2) is 6.22. The first-order chi connectivity index (χ1) is 12.5. The SMILES string of the molecule is C=CC(=C)c1ccc2nc(Nc3nc4c(c(=O)[nH]3)CCC4)nc(C)c2c1. The summed E-state index contributed by atoms with van der Waals surface area (Å²) >= 11 is 0. The summed E-state index contributed by atoms with van der Waals surface area (Å²) in [7, 11) is 0. The van der Waals surface area contributed by atoms with E-state index >= 15 is 0 Å². The third kappa shape index (κ3) is 2.79. The maximum absolute atomic E-state index is 12.1. The largest absolute Gasteiger partial charge is 0.294 e. The minimum absolute atomic E-state index is 0.0832. The summed E-state index contributed by atoms with van der Waals surface area (Å²) < 4.78 is 0. The lowest BCUT2D eigenvalue weighted by atomic mass is 10.0. The Bertz CT molecular complexity index is 1110. The van der Waals surface area contributed by atoms with Crippen LogP contribution in [0.3, 0.4) is 0 Å². The molecule has 3 aromatic rings. The number of nitrogens with one attached hydrogen (secondary N) is 2. The summed E-state index contributed by atoms with van der Waals surface area (Å²) in [6, 6.07) is 5.89. The van der Waals surface area contributed by atoms with Crippen molar-refractivity contribution in [3.63, 3.8) is 0 Å². The monoisotopic (exact) mass is 345 g/mol. The summed E-state index contributed by atoms with van der Waals surface area (Å²) in [5.41, 5.74) is 5.06. The Morgan fingerprint density at radius 3 is 2.92 bits per heavy atom. The highest BCUT2D eigenvalue weighted by atomic mass is 16.1. The van der Waals surface area contributed by atoms with E-state index in [2.05, 4.69) is 38.4 Å². The second-order valence-electron chi connectivity index (χ2n) is 6.41. The number of nitrogens with zero attached hydrogens (tertiary/aromatic N) is 3. The maximum Gasteiger partial charge on any atom is 0.255 e. The van der Waals surface area contributed by atoms with Crippen LogP contribution in [-0.2, 0) is 12.8 Å². The van der Waals surface area contributed by atoms with Crippen LogP contribution < -0.4 is 10.9 Å². The number of allylic oxidation sites excluding steroid dienone is 2. The summed E-state index contributed by atoms with van der Waals surface area (Å²) in [6.45, 7) is 9.66. The molecule has 4 rings (SSSR count). The number of anilines is 2. The number of aromatic amines is 1. The van der Waals surface area contributed by atoms with Gasteiger partial charge in [0.25, 0.3) is 5.56 Å². The molecule has 130 valence electrons. The summed E-state index contributed by atoms with van der Waals surface area (Å²) in [5.74, 6) is 0.789. The molecular weight excluding hydrogens is 326 g/mol. The summed E-state index contributed by atoms with van der Waals surface area (Å²) in [6.07, 6.45) is 4.32. The minimum Gasteiger partial charge on any atom is -0.294 e. The van der Waals surface area contributed by atoms with Crippen molar-refractivity contribution in [1.29, 1.82) is 0 Å². The molecule has 0 fully saturated rings. The van der Waals surface area contributed by atoms with Gasteiger partial charge in [-0.3, -0.25) is 15.1 Å². The van der Waals surface area contributed by atoms with E-state index in [1.54, 1.807) is 6.08 Å². The van der Waals surface area contributed by atoms with Gasteiger partial charge in [0.1, 0.15) is 0 Å². The summed E-state index contributed by atoms with van der Waals surface area (Å²) in [5, 5.41) is 3.98. The van der Waals surface area contributed by atoms with Crippen LogP contribution in [0.15, 0.2) is 42.2 Å². The normalized spacial score (nSPS) is 12.8. The van der Waals surface area contributed by atoms with Crippen molar-refractivity contribution in [3.05, 3.63) is 70.3 Å². The molecule has 6 heteroatoms. The molecule has 1 aromatic carbocycles. The fourth-order valence-corrected chi connectivity index (χ4v) is 3.26. The van der Waals surface area contributed by atoms with Crippen molar-refractivity contribution < 1.29 is 0 Å². The summed E-state index contributed by atoms with van der Waals surface area (Å²) in [4.78, 5) is 28.5.